The number of ether oxygens (including phenoxy) is 1. The monoisotopic (exact) mass is 369 g/mol. The molecule has 27 heavy (non-hydrogen) atoms. The first kappa shape index (κ1) is 18.7. The number of hydrogen-bond donors (Lipinski definition) is 0. The summed E-state index contributed by atoms with van der Waals surface area (Å²) in [6, 6.07) is 6.03. The van der Waals surface area contributed by atoms with Gasteiger partial charge in [-0.05, 0) is 66.0 Å². The number of hydrogen-bond acceptors (Lipinski definition) is 5. The van der Waals surface area contributed by atoms with E-state index in [-0.39, 0.29) is 6.23 Å². The van der Waals surface area contributed by atoms with E-state index in [1.165, 1.54) is 0 Å². The van der Waals surface area contributed by atoms with Crippen molar-refractivity contribution in [3.05, 3.63) is 30.1 Å². The Morgan fingerprint density at radius 3 is 2.48 bits per heavy atom. The van der Waals surface area contributed by atoms with Crippen LogP contribution in [0.1, 0.15) is 58.9 Å². The summed E-state index contributed by atoms with van der Waals surface area (Å²) in [7, 11) is -0.482. The van der Waals surface area contributed by atoms with Gasteiger partial charge in [-0.2, -0.15) is 5.10 Å². The van der Waals surface area contributed by atoms with Crippen LogP contribution in [0, 0.1) is 6.92 Å². The summed E-state index contributed by atoms with van der Waals surface area (Å²) in [5.74, 6) is 0. The van der Waals surface area contributed by atoms with Crippen molar-refractivity contribution in [2.45, 2.75) is 71.3 Å². The zero-order valence-electron chi connectivity index (χ0n) is 16.9. The second-order valence-electron chi connectivity index (χ2n) is 8.47. The van der Waals surface area contributed by atoms with E-state index in [4.69, 9.17) is 19.0 Å². The molecule has 0 spiro atoms. The lowest BCUT2D eigenvalue weighted by atomic mass is 9.78. The SMILES string of the molecule is Cc1cccc(-c2c(B3OC(C)(C)C(C)(C)O3)cnn2C2CCCCO2)n1. The van der Waals surface area contributed by atoms with E-state index in [0.29, 0.717) is 0 Å². The maximum atomic E-state index is 6.30. The summed E-state index contributed by atoms with van der Waals surface area (Å²) >= 11 is 0. The van der Waals surface area contributed by atoms with Crippen LogP contribution >= 0.6 is 0 Å². The van der Waals surface area contributed by atoms with Crippen LogP contribution in [0.15, 0.2) is 24.4 Å². The molecule has 1 atom stereocenters. The fourth-order valence-electron chi connectivity index (χ4n) is 3.59. The molecule has 144 valence electrons. The molecule has 4 rings (SSSR count). The van der Waals surface area contributed by atoms with Gasteiger partial charge in [0, 0.05) is 24.0 Å². The molecule has 0 aliphatic carbocycles. The minimum Gasteiger partial charge on any atom is -0.399 e. The largest absolute Gasteiger partial charge is 0.498 e. The van der Waals surface area contributed by atoms with Crippen molar-refractivity contribution in [3.8, 4) is 11.4 Å². The summed E-state index contributed by atoms with van der Waals surface area (Å²) in [6.45, 7) is 11.0. The third kappa shape index (κ3) is 3.32. The van der Waals surface area contributed by atoms with E-state index < -0.39 is 18.3 Å². The van der Waals surface area contributed by atoms with E-state index in [2.05, 4.69) is 32.8 Å². The van der Waals surface area contributed by atoms with Gasteiger partial charge in [-0.3, -0.25) is 4.98 Å². The van der Waals surface area contributed by atoms with Crippen molar-refractivity contribution in [2.75, 3.05) is 6.61 Å². The number of nitrogens with zero attached hydrogens (tertiary/aromatic N) is 3. The Kier molecular flexibility index (Phi) is 4.65. The summed E-state index contributed by atoms with van der Waals surface area (Å²) < 4.78 is 20.6. The molecule has 2 aromatic rings. The molecular formula is C20H28BN3O3. The number of rotatable bonds is 3. The Labute approximate surface area is 161 Å². The molecule has 0 amide bonds. The number of pyridine rings is 1. The summed E-state index contributed by atoms with van der Waals surface area (Å²) in [5, 5.41) is 4.68. The normalized spacial score (nSPS) is 24.3. The van der Waals surface area contributed by atoms with E-state index in [1.54, 1.807) is 0 Å². The van der Waals surface area contributed by atoms with Gasteiger partial charge in [0.15, 0.2) is 6.23 Å². The second-order valence-corrected chi connectivity index (χ2v) is 8.47. The van der Waals surface area contributed by atoms with Crippen molar-refractivity contribution in [1.82, 2.24) is 14.8 Å². The molecule has 2 aliphatic rings. The number of aryl methyl sites for hydroxylation is 1. The van der Waals surface area contributed by atoms with E-state index >= 15 is 0 Å². The van der Waals surface area contributed by atoms with Gasteiger partial charge in [0.05, 0.1) is 22.6 Å². The molecule has 4 heterocycles. The minimum absolute atomic E-state index is 0.0766. The predicted octanol–water partition coefficient (Wildman–Crippen LogP) is 3.25. The van der Waals surface area contributed by atoms with Crippen LogP contribution in [-0.2, 0) is 14.0 Å². The van der Waals surface area contributed by atoms with E-state index in [9.17, 15) is 0 Å². The van der Waals surface area contributed by atoms with Crippen molar-refractivity contribution in [1.29, 1.82) is 0 Å². The van der Waals surface area contributed by atoms with Crippen molar-refractivity contribution < 1.29 is 14.0 Å². The third-order valence-corrected chi connectivity index (χ3v) is 5.89. The van der Waals surface area contributed by atoms with Gasteiger partial charge in [0.2, 0.25) is 0 Å². The van der Waals surface area contributed by atoms with Crippen LogP contribution in [0.5, 0.6) is 0 Å². The molecule has 2 aromatic heterocycles. The molecule has 1 unspecified atom stereocenters. The molecular weight excluding hydrogens is 341 g/mol. The Morgan fingerprint density at radius 2 is 1.85 bits per heavy atom. The zero-order valence-corrected chi connectivity index (χ0v) is 16.9. The highest BCUT2D eigenvalue weighted by molar-refractivity contribution is 6.63. The van der Waals surface area contributed by atoms with Gasteiger partial charge >= 0.3 is 7.12 Å². The Balaban J connectivity index is 1.79. The molecule has 2 saturated heterocycles. The summed E-state index contributed by atoms with van der Waals surface area (Å²) in [4.78, 5) is 4.75. The Hall–Kier alpha value is -1.70. The molecule has 2 aliphatic heterocycles. The Bertz CT molecular complexity index is 812. The lowest BCUT2D eigenvalue weighted by molar-refractivity contribution is -0.0383. The highest BCUT2D eigenvalue weighted by Crippen LogP contribution is 2.37. The van der Waals surface area contributed by atoms with Crippen LogP contribution in [0.4, 0.5) is 0 Å². The lowest BCUT2D eigenvalue weighted by Gasteiger charge is -2.32. The predicted molar refractivity (Wildman–Crippen MR) is 105 cm³/mol. The summed E-state index contributed by atoms with van der Waals surface area (Å²) in [5.41, 5.74) is 2.85. The molecule has 6 nitrogen and oxygen atoms in total. The van der Waals surface area contributed by atoms with Crippen molar-refractivity contribution >= 4 is 12.6 Å². The summed E-state index contributed by atoms with van der Waals surface area (Å²) in [6.07, 6.45) is 4.95. The molecule has 0 bridgehead atoms. The Morgan fingerprint density at radius 1 is 1.11 bits per heavy atom. The molecule has 0 aromatic carbocycles. The van der Waals surface area contributed by atoms with Crippen molar-refractivity contribution in [3.63, 3.8) is 0 Å². The van der Waals surface area contributed by atoms with Gasteiger partial charge < -0.3 is 14.0 Å². The van der Waals surface area contributed by atoms with Crippen LogP contribution in [0.3, 0.4) is 0 Å². The van der Waals surface area contributed by atoms with Gasteiger partial charge in [0.1, 0.15) is 0 Å². The fraction of sp³-hybridized carbons (Fsp3) is 0.600. The lowest BCUT2D eigenvalue weighted by Crippen LogP contribution is -2.41. The van der Waals surface area contributed by atoms with Gasteiger partial charge in [-0.1, -0.05) is 6.07 Å². The van der Waals surface area contributed by atoms with Gasteiger partial charge in [-0.25, -0.2) is 4.68 Å². The quantitative estimate of drug-likeness (QED) is 0.778. The van der Waals surface area contributed by atoms with E-state index in [0.717, 1.165) is 48.4 Å². The van der Waals surface area contributed by atoms with Crippen LogP contribution < -0.4 is 5.46 Å². The molecule has 0 saturated carbocycles. The topological polar surface area (TPSA) is 58.4 Å². The van der Waals surface area contributed by atoms with Crippen LogP contribution in [-0.4, -0.2) is 39.7 Å². The average Bonchev–Trinajstić information content (AvgIpc) is 3.14. The fourth-order valence-corrected chi connectivity index (χ4v) is 3.59. The van der Waals surface area contributed by atoms with Gasteiger partial charge in [-0.15, -0.1) is 0 Å². The standard InChI is InChI=1S/C20H28BN3O3/c1-14-9-8-10-16(23-14)18-15(21-26-19(2,3)20(4,5)27-21)13-22-24(18)17-11-6-7-12-25-17/h8-10,13,17H,6-7,11-12H2,1-5H3. The highest BCUT2D eigenvalue weighted by Gasteiger charge is 2.53. The second kappa shape index (κ2) is 6.72. The smallest absolute Gasteiger partial charge is 0.399 e. The number of aromatic nitrogens is 3. The third-order valence-electron chi connectivity index (χ3n) is 5.89. The highest BCUT2D eigenvalue weighted by atomic mass is 16.7. The van der Waals surface area contributed by atoms with Crippen molar-refractivity contribution in [2.24, 2.45) is 0 Å². The molecule has 2 fully saturated rings. The van der Waals surface area contributed by atoms with Crippen LogP contribution in [0.2, 0.25) is 0 Å². The average molecular weight is 369 g/mol. The molecule has 0 radical (unpaired) electrons. The first-order valence-corrected chi connectivity index (χ1v) is 9.77. The maximum Gasteiger partial charge on any atom is 0.498 e. The van der Waals surface area contributed by atoms with Crippen LogP contribution in [0.25, 0.3) is 11.4 Å². The molecule has 7 heteroatoms. The zero-order chi connectivity index (χ0) is 19.2. The maximum absolute atomic E-state index is 6.30. The first-order chi connectivity index (χ1) is 12.8. The van der Waals surface area contributed by atoms with E-state index in [1.807, 2.05) is 36.0 Å². The first-order valence-electron chi connectivity index (χ1n) is 9.77. The molecule has 0 N–H and O–H groups in total. The minimum atomic E-state index is -0.482. The van der Waals surface area contributed by atoms with Gasteiger partial charge in [0.25, 0.3) is 0 Å².